The molecule has 1 unspecified atom stereocenters. The highest BCUT2D eigenvalue weighted by Crippen LogP contribution is 2.45. The molecule has 1 aliphatic heterocycles. The highest BCUT2D eigenvalue weighted by Gasteiger charge is 2.44. The minimum Gasteiger partial charge on any atom is -0.389 e. The first-order valence-electron chi connectivity index (χ1n) is 8.76. The van der Waals surface area contributed by atoms with Crippen molar-refractivity contribution in [1.29, 1.82) is 0 Å². The molecule has 1 fully saturated rings. The van der Waals surface area contributed by atoms with E-state index in [1.54, 1.807) is 0 Å². The normalized spacial score (nSPS) is 22.5. The monoisotopic (exact) mass is 424 g/mol. The molecule has 6 nitrogen and oxygen atoms in total. The third-order valence-electron chi connectivity index (χ3n) is 5.02. The van der Waals surface area contributed by atoms with Crippen LogP contribution in [0.25, 0.3) is 5.52 Å². The summed E-state index contributed by atoms with van der Waals surface area (Å²) in [7, 11) is 0. The van der Waals surface area contributed by atoms with Crippen molar-refractivity contribution >= 4 is 23.1 Å². The van der Waals surface area contributed by atoms with Crippen LogP contribution in [0.2, 0.25) is 5.02 Å². The molecule has 3 heterocycles. The zero-order chi connectivity index (χ0) is 20.9. The summed E-state index contributed by atoms with van der Waals surface area (Å²) in [6, 6.07) is -0.419. The third-order valence-corrected chi connectivity index (χ3v) is 5.41. The summed E-state index contributed by atoms with van der Waals surface area (Å²) in [4.78, 5) is 4.01. The van der Waals surface area contributed by atoms with Gasteiger partial charge in [-0.3, -0.25) is 0 Å². The Hall–Kier alpha value is -1.65. The van der Waals surface area contributed by atoms with E-state index < -0.39 is 40.5 Å². The number of anilines is 1. The minimum atomic E-state index is -4.79. The Morgan fingerprint density at radius 1 is 1.36 bits per heavy atom. The smallest absolute Gasteiger partial charge is 0.389 e. The molecule has 28 heavy (non-hydrogen) atoms. The highest BCUT2D eigenvalue weighted by molar-refractivity contribution is 6.35. The van der Waals surface area contributed by atoms with E-state index in [0.717, 1.165) is 10.7 Å². The van der Waals surface area contributed by atoms with Crippen molar-refractivity contribution in [3.05, 3.63) is 22.5 Å². The van der Waals surface area contributed by atoms with Crippen molar-refractivity contribution in [1.82, 2.24) is 14.6 Å². The summed E-state index contributed by atoms with van der Waals surface area (Å²) >= 11 is 5.99. The number of ether oxygens (including phenoxy) is 1. The average molecular weight is 425 g/mol. The lowest BCUT2D eigenvalue weighted by Crippen LogP contribution is -2.42. The van der Waals surface area contributed by atoms with Crippen molar-refractivity contribution in [3.8, 4) is 0 Å². The maximum Gasteiger partial charge on any atom is 0.419 e. The van der Waals surface area contributed by atoms with Crippen molar-refractivity contribution in [2.45, 2.75) is 57.1 Å². The summed E-state index contributed by atoms with van der Waals surface area (Å²) in [5, 5.41) is 16.4. The zero-order valence-electron chi connectivity index (χ0n) is 15.5. The number of hydrogen-bond acceptors (Lipinski definition) is 5. The number of aliphatic hydroxyl groups excluding tert-OH is 1. The van der Waals surface area contributed by atoms with E-state index >= 15 is 0 Å². The van der Waals surface area contributed by atoms with Gasteiger partial charge in [-0.1, -0.05) is 18.5 Å². The largest absolute Gasteiger partial charge is 0.419 e. The van der Waals surface area contributed by atoms with Crippen LogP contribution in [0, 0.1) is 0 Å². The van der Waals surface area contributed by atoms with E-state index in [9.17, 15) is 22.7 Å². The number of fused-ring (bicyclic) bond motifs is 1. The van der Waals surface area contributed by atoms with Crippen molar-refractivity contribution < 1.29 is 27.4 Å². The minimum absolute atomic E-state index is 0.00366. The van der Waals surface area contributed by atoms with Crippen LogP contribution >= 0.6 is 11.6 Å². The van der Waals surface area contributed by atoms with E-state index in [1.807, 2.05) is 0 Å². The number of aliphatic hydroxyl groups is 1. The van der Waals surface area contributed by atoms with Crippen LogP contribution < -0.4 is 5.32 Å². The lowest BCUT2D eigenvalue weighted by molar-refractivity contribution is -0.138. The van der Waals surface area contributed by atoms with Crippen molar-refractivity contribution in [3.63, 3.8) is 0 Å². The Balaban J connectivity index is 2.13. The Bertz CT molecular complexity index is 865. The van der Waals surface area contributed by atoms with Crippen LogP contribution in [0.15, 0.2) is 6.20 Å². The summed E-state index contributed by atoms with van der Waals surface area (Å²) in [5.41, 5.74) is -3.52. The van der Waals surface area contributed by atoms with Crippen LogP contribution in [0.5, 0.6) is 0 Å². The number of halogens is 5. The molecular formula is C17H21ClF4N4O2. The first kappa shape index (κ1) is 21.1. The maximum atomic E-state index is 14.6. The molecule has 11 heteroatoms. The number of rotatable bonds is 4. The topological polar surface area (TPSA) is 71.7 Å². The van der Waals surface area contributed by atoms with Gasteiger partial charge in [-0.2, -0.15) is 13.2 Å². The van der Waals surface area contributed by atoms with Gasteiger partial charge in [0.15, 0.2) is 0 Å². The zero-order valence-corrected chi connectivity index (χ0v) is 16.3. The fourth-order valence-corrected chi connectivity index (χ4v) is 3.48. The molecule has 3 atom stereocenters. The van der Waals surface area contributed by atoms with Crippen LogP contribution in [0.3, 0.4) is 0 Å². The second-order valence-electron chi connectivity index (χ2n) is 7.42. The average Bonchev–Trinajstić information content (AvgIpc) is 2.87. The van der Waals surface area contributed by atoms with Crippen LogP contribution in [0.1, 0.15) is 44.4 Å². The van der Waals surface area contributed by atoms with Crippen molar-refractivity contribution in [2.75, 3.05) is 18.5 Å². The number of hydrogen-bond donors (Lipinski definition) is 2. The SMILES string of the molecule is CC(c1c(C(F)(F)F)c(Cl)c2cnc(N[C@@H]3CCOC[C@H]3O)nn12)C(C)(C)F. The van der Waals surface area contributed by atoms with Gasteiger partial charge in [0, 0.05) is 12.5 Å². The van der Waals surface area contributed by atoms with Gasteiger partial charge in [0.25, 0.3) is 0 Å². The summed E-state index contributed by atoms with van der Waals surface area (Å²) < 4.78 is 61.8. The fourth-order valence-electron chi connectivity index (χ4n) is 3.15. The van der Waals surface area contributed by atoms with Gasteiger partial charge in [0.05, 0.1) is 41.2 Å². The van der Waals surface area contributed by atoms with Gasteiger partial charge in [-0.05, 0) is 20.3 Å². The number of aromatic nitrogens is 3. The quantitative estimate of drug-likeness (QED) is 0.730. The fraction of sp³-hybridized carbons (Fsp3) is 0.647. The lowest BCUT2D eigenvalue weighted by atomic mass is 9.89. The van der Waals surface area contributed by atoms with Crippen LogP contribution in [0.4, 0.5) is 23.5 Å². The number of nitrogens with zero attached hydrogens (tertiary/aromatic N) is 3. The molecule has 0 spiro atoms. The molecule has 2 N–H and O–H groups in total. The molecular weight excluding hydrogens is 404 g/mol. The first-order valence-corrected chi connectivity index (χ1v) is 9.14. The molecule has 0 bridgehead atoms. The first-order chi connectivity index (χ1) is 12.9. The molecule has 0 aliphatic carbocycles. The van der Waals surface area contributed by atoms with Crippen LogP contribution in [-0.2, 0) is 10.9 Å². The molecule has 1 saturated heterocycles. The van der Waals surface area contributed by atoms with E-state index in [4.69, 9.17) is 16.3 Å². The molecule has 156 valence electrons. The Labute approximate surface area is 163 Å². The van der Waals surface area contributed by atoms with E-state index in [0.29, 0.717) is 13.0 Å². The molecule has 0 amide bonds. The predicted octanol–water partition coefficient (Wildman–Crippen LogP) is 3.81. The van der Waals surface area contributed by atoms with Gasteiger partial charge in [0.1, 0.15) is 11.2 Å². The molecule has 0 aromatic carbocycles. The molecule has 1 aliphatic rings. The molecule has 2 aromatic heterocycles. The summed E-state index contributed by atoms with van der Waals surface area (Å²) in [6.07, 6.45) is -3.97. The van der Waals surface area contributed by atoms with E-state index in [2.05, 4.69) is 15.4 Å². The predicted molar refractivity (Wildman–Crippen MR) is 95.5 cm³/mol. The second kappa shape index (κ2) is 7.31. The van der Waals surface area contributed by atoms with Gasteiger partial charge in [0.2, 0.25) is 5.95 Å². The Kier molecular flexibility index (Phi) is 5.50. The number of alkyl halides is 4. The van der Waals surface area contributed by atoms with Gasteiger partial charge >= 0.3 is 6.18 Å². The summed E-state index contributed by atoms with van der Waals surface area (Å²) in [5.74, 6) is -1.15. The van der Waals surface area contributed by atoms with E-state index in [1.165, 1.54) is 20.8 Å². The number of nitrogens with one attached hydrogen (secondary N) is 1. The maximum absolute atomic E-state index is 14.6. The molecule has 0 radical (unpaired) electrons. The molecule has 3 rings (SSSR count). The van der Waals surface area contributed by atoms with Gasteiger partial charge in [-0.15, -0.1) is 5.10 Å². The second-order valence-corrected chi connectivity index (χ2v) is 7.80. The Morgan fingerprint density at radius 3 is 2.61 bits per heavy atom. The van der Waals surface area contributed by atoms with Crippen LogP contribution in [-0.4, -0.2) is 50.7 Å². The summed E-state index contributed by atoms with van der Waals surface area (Å²) in [6.45, 7) is 4.30. The molecule has 2 aromatic rings. The standard InChI is InChI=1S/C17H21ClF4N4O2/c1-8(16(2,3)19)14-12(17(20,21)22)13(18)10-6-23-15(25-26(10)14)24-9-4-5-28-7-11(9)27/h6,8-9,11,27H,4-5,7H2,1-3H3,(H,24,25)/t8?,9-,11-/m1/s1. The third kappa shape index (κ3) is 3.90. The lowest BCUT2D eigenvalue weighted by Gasteiger charge is -2.28. The Morgan fingerprint density at radius 2 is 2.04 bits per heavy atom. The molecule has 0 saturated carbocycles. The van der Waals surface area contributed by atoms with Crippen molar-refractivity contribution in [2.24, 2.45) is 0 Å². The van der Waals surface area contributed by atoms with Gasteiger partial charge in [-0.25, -0.2) is 13.9 Å². The highest BCUT2D eigenvalue weighted by atomic mass is 35.5. The van der Waals surface area contributed by atoms with Gasteiger partial charge < -0.3 is 15.2 Å². The van der Waals surface area contributed by atoms with E-state index in [-0.39, 0.29) is 23.8 Å².